The van der Waals surface area contributed by atoms with Gasteiger partial charge < -0.3 is 10.6 Å². The summed E-state index contributed by atoms with van der Waals surface area (Å²) in [5.74, 6) is -4.80. The van der Waals surface area contributed by atoms with Gasteiger partial charge in [-0.1, -0.05) is 42.5 Å². The number of benzene rings is 3. The summed E-state index contributed by atoms with van der Waals surface area (Å²) < 4.78 is 40.1. The van der Waals surface area contributed by atoms with Gasteiger partial charge in [0.15, 0.2) is 23.5 Å². The van der Waals surface area contributed by atoms with Crippen molar-refractivity contribution in [2.75, 3.05) is 5.32 Å². The monoisotopic (exact) mass is 373 g/mol. The van der Waals surface area contributed by atoms with Crippen molar-refractivity contribution < 1.29 is 23.3 Å². The van der Waals surface area contributed by atoms with Crippen LogP contribution in [-0.4, -0.2) is 11.9 Å². The Hall–Kier alpha value is -2.86. The number of anilines is 1. The van der Waals surface area contributed by atoms with E-state index < -0.39 is 29.4 Å². The first-order chi connectivity index (χ1) is 12.9. The zero-order valence-electron chi connectivity index (χ0n) is 15.0. The summed E-state index contributed by atoms with van der Waals surface area (Å²) in [5, 5.41) is 6.37. The van der Waals surface area contributed by atoms with Gasteiger partial charge in [0, 0.05) is 5.56 Å². The number of quaternary nitrogens is 1. The van der Waals surface area contributed by atoms with Crippen molar-refractivity contribution in [1.29, 1.82) is 0 Å². The van der Waals surface area contributed by atoms with Crippen LogP contribution in [0.2, 0.25) is 0 Å². The first-order valence-corrected chi connectivity index (χ1v) is 8.65. The molecule has 0 aliphatic carbocycles. The largest absolute Gasteiger partial charge is 0.330 e. The number of rotatable bonds is 5. The van der Waals surface area contributed by atoms with Crippen molar-refractivity contribution in [3.8, 4) is 0 Å². The molecule has 140 valence electrons. The van der Waals surface area contributed by atoms with Crippen LogP contribution in [0.25, 0.3) is 10.8 Å². The van der Waals surface area contributed by atoms with Gasteiger partial charge in [-0.15, -0.1) is 0 Å². The molecule has 0 saturated heterocycles. The lowest BCUT2D eigenvalue weighted by Crippen LogP contribution is -2.91. The van der Waals surface area contributed by atoms with Crippen LogP contribution in [0.1, 0.15) is 25.5 Å². The van der Waals surface area contributed by atoms with E-state index >= 15 is 0 Å². The second kappa shape index (κ2) is 7.80. The first-order valence-electron chi connectivity index (χ1n) is 8.65. The highest BCUT2D eigenvalue weighted by atomic mass is 19.2. The molecule has 0 radical (unpaired) electrons. The lowest BCUT2D eigenvalue weighted by atomic mass is 9.99. The molecule has 3 nitrogen and oxygen atoms in total. The molecule has 6 heteroatoms. The second-order valence-corrected chi connectivity index (χ2v) is 6.55. The molecule has 27 heavy (non-hydrogen) atoms. The maximum atomic E-state index is 13.7. The van der Waals surface area contributed by atoms with Gasteiger partial charge in [0.2, 0.25) is 0 Å². The maximum absolute atomic E-state index is 13.7. The standard InChI is InChI=1S/C21H19F3N2O/c1-12(15-9-5-7-14-6-3-4-8-16(14)15)25-13(2)21(27)26-18-11-10-17(22)19(23)20(18)24/h3-13,25H,1-2H3,(H,26,27)/p+1/t12-,13-/m1/s1. The van der Waals surface area contributed by atoms with Crippen molar-refractivity contribution in [2.24, 2.45) is 0 Å². The van der Waals surface area contributed by atoms with Crippen LogP contribution in [0.3, 0.4) is 0 Å². The topological polar surface area (TPSA) is 45.7 Å². The van der Waals surface area contributed by atoms with Crippen LogP contribution < -0.4 is 10.6 Å². The molecule has 3 aromatic carbocycles. The van der Waals surface area contributed by atoms with E-state index in [0.717, 1.165) is 28.5 Å². The third-order valence-corrected chi connectivity index (χ3v) is 4.60. The number of carbonyl (C=O) groups excluding carboxylic acids is 1. The van der Waals surface area contributed by atoms with E-state index in [1.165, 1.54) is 0 Å². The van der Waals surface area contributed by atoms with Gasteiger partial charge >= 0.3 is 0 Å². The van der Waals surface area contributed by atoms with Gasteiger partial charge in [0.05, 0.1) is 5.69 Å². The average Bonchev–Trinajstić information content (AvgIpc) is 2.67. The van der Waals surface area contributed by atoms with Crippen LogP contribution >= 0.6 is 0 Å². The Morgan fingerprint density at radius 1 is 0.926 bits per heavy atom. The highest BCUT2D eigenvalue weighted by Gasteiger charge is 2.23. The normalized spacial score (nSPS) is 13.4. The smallest absolute Gasteiger partial charge is 0.282 e. The summed E-state index contributed by atoms with van der Waals surface area (Å²) >= 11 is 0. The lowest BCUT2D eigenvalue weighted by Gasteiger charge is -2.18. The van der Waals surface area contributed by atoms with Gasteiger partial charge in [0.1, 0.15) is 6.04 Å². The fraction of sp³-hybridized carbons (Fsp3) is 0.190. The predicted molar refractivity (Wildman–Crippen MR) is 98.7 cm³/mol. The Kier molecular flexibility index (Phi) is 5.46. The number of carbonyl (C=O) groups is 1. The lowest BCUT2D eigenvalue weighted by molar-refractivity contribution is -0.709. The molecule has 0 unspecified atom stereocenters. The fourth-order valence-electron chi connectivity index (χ4n) is 3.14. The summed E-state index contributed by atoms with van der Waals surface area (Å²) in [6.45, 7) is 3.65. The van der Waals surface area contributed by atoms with Crippen molar-refractivity contribution in [2.45, 2.75) is 25.9 Å². The van der Waals surface area contributed by atoms with Crippen LogP contribution in [-0.2, 0) is 4.79 Å². The molecule has 0 aliphatic rings. The molecule has 0 bridgehead atoms. The summed E-state index contributed by atoms with van der Waals surface area (Å²) in [6, 6.07) is 15.1. The molecule has 0 spiro atoms. The minimum atomic E-state index is -1.60. The summed E-state index contributed by atoms with van der Waals surface area (Å²) in [5.41, 5.74) is 0.698. The van der Waals surface area contributed by atoms with Gasteiger partial charge in [-0.2, -0.15) is 0 Å². The van der Waals surface area contributed by atoms with Crippen molar-refractivity contribution >= 4 is 22.4 Å². The van der Waals surface area contributed by atoms with Crippen LogP contribution in [0.4, 0.5) is 18.9 Å². The number of amides is 1. The highest BCUT2D eigenvalue weighted by Crippen LogP contribution is 2.22. The fourth-order valence-corrected chi connectivity index (χ4v) is 3.14. The predicted octanol–water partition coefficient (Wildman–Crippen LogP) is 3.91. The molecule has 3 N–H and O–H groups in total. The number of nitrogens with one attached hydrogen (secondary N) is 1. The quantitative estimate of drug-likeness (QED) is 0.655. The Morgan fingerprint density at radius 2 is 1.63 bits per heavy atom. The number of fused-ring (bicyclic) bond motifs is 1. The minimum Gasteiger partial charge on any atom is -0.330 e. The van der Waals surface area contributed by atoms with Crippen LogP contribution in [0.15, 0.2) is 54.6 Å². The second-order valence-electron chi connectivity index (χ2n) is 6.55. The zero-order chi connectivity index (χ0) is 19.6. The molecular weight excluding hydrogens is 353 g/mol. The zero-order valence-corrected chi connectivity index (χ0v) is 15.0. The Bertz CT molecular complexity index is 985. The highest BCUT2D eigenvalue weighted by molar-refractivity contribution is 5.93. The van der Waals surface area contributed by atoms with Crippen LogP contribution in [0, 0.1) is 17.5 Å². The van der Waals surface area contributed by atoms with E-state index in [2.05, 4.69) is 5.32 Å². The van der Waals surface area contributed by atoms with E-state index in [-0.39, 0.29) is 11.7 Å². The van der Waals surface area contributed by atoms with Gasteiger partial charge in [-0.3, -0.25) is 4.79 Å². The average molecular weight is 373 g/mol. The summed E-state index contributed by atoms with van der Waals surface area (Å²) in [4.78, 5) is 12.4. The van der Waals surface area contributed by atoms with E-state index in [4.69, 9.17) is 0 Å². The molecule has 0 saturated carbocycles. The van der Waals surface area contributed by atoms with E-state index in [9.17, 15) is 18.0 Å². The molecule has 0 aromatic heterocycles. The van der Waals surface area contributed by atoms with Crippen molar-refractivity contribution in [3.63, 3.8) is 0 Å². The van der Waals surface area contributed by atoms with Crippen LogP contribution in [0.5, 0.6) is 0 Å². The van der Waals surface area contributed by atoms with Gasteiger partial charge in [-0.25, -0.2) is 13.2 Å². The van der Waals surface area contributed by atoms with E-state index in [0.29, 0.717) is 0 Å². The maximum Gasteiger partial charge on any atom is 0.282 e. The molecule has 0 fully saturated rings. The molecule has 1 amide bonds. The molecular formula is C21H20F3N2O+. The Labute approximate surface area is 155 Å². The summed E-state index contributed by atoms with van der Waals surface area (Å²) in [6.07, 6.45) is 0. The SMILES string of the molecule is C[C@@H]([NH2+][C@H](C)c1cccc2ccccc12)C(=O)Nc1ccc(F)c(F)c1F. The number of hydrogen-bond acceptors (Lipinski definition) is 1. The van der Waals surface area contributed by atoms with E-state index in [1.807, 2.05) is 54.7 Å². The molecule has 0 aliphatic heterocycles. The molecule has 0 heterocycles. The van der Waals surface area contributed by atoms with Gasteiger partial charge in [-0.05, 0) is 36.8 Å². The molecule has 3 rings (SSSR count). The van der Waals surface area contributed by atoms with Gasteiger partial charge in [0.25, 0.3) is 5.91 Å². The Morgan fingerprint density at radius 3 is 2.41 bits per heavy atom. The van der Waals surface area contributed by atoms with E-state index in [1.54, 1.807) is 6.92 Å². The number of nitrogens with two attached hydrogens (primary N) is 1. The molecule has 3 aromatic rings. The summed E-state index contributed by atoms with van der Waals surface area (Å²) in [7, 11) is 0. The minimum absolute atomic E-state index is 0.0355. The Balaban J connectivity index is 1.73. The molecule has 2 atom stereocenters. The third-order valence-electron chi connectivity index (χ3n) is 4.60. The number of hydrogen-bond donors (Lipinski definition) is 2. The van der Waals surface area contributed by atoms with Crippen molar-refractivity contribution in [3.05, 3.63) is 77.6 Å². The van der Waals surface area contributed by atoms with Crippen molar-refractivity contribution in [1.82, 2.24) is 0 Å². The third kappa shape index (κ3) is 3.95. The number of halogens is 3. The first kappa shape index (κ1) is 18.9.